The predicted molar refractivity (Wildman–Crippen MR) is 197 cm³/mol. The Balaban J connectivity index is 2.07. The molecule has 0 aliphatic heterocycles. The number of allylic oxidation sites excluding steroid dienone is 1. The smallest absolute Gasteiger partial charge is 0.306 e. The normalized spacial score (nSPS) is 19.0. The largest absolute Gasteiger partial charge is 0.462 e. The third-order valence-electron chi connectivity index (χ3n) is 9.97. The van der Waals surface area contributed by atoms with Gasteiger partial charge in [0, 0.05) is 25.2 Å². The van der Waals surface area contributed by atoms with Crippen LogP contribution in [0.3, 0.4) is 0 Å². The Labute approximate surface area is 299 Å². The van der Waals surface area contributed by atoms with E-state index in [1.807, 2.05) is 0 Å². The molecule has 0 unspecified atom stereocenters. The molecule has 0 aromatic rings. The van der Waals surface area contributed by atoms with Gasteiger partial charge in [0.05, 0.1) is 18.8 Å². The lowest BCUT2D eigenvalue weighted by Gasteiger charge is -2.19. The Bertz CT molecular complexity index is 858. The van der Waals surface area contributed by atoms with Crippen LogP contribution in [0.1, 0.15) is 187 Å². The first-order valence-electron chi connectivity index (χ1n) is 20.3. The number of aliphatic hydroxyl groups is 3. The highest BCUT2D eigenvalue weighted by atomic mass is 16.6. The SMILES string of the molecule is CCCCCCCCCCCCCCCCCC(=O)O[C@@H](CO)COC(=O)CCCCCC[C@H]1[C@@H](O)CC(=O)[C@@H]1/C=C/[C@@H](O)CCCCC. The molecule has 1 fully saturated rings. The van der Waals surface area contributed by atoms with Gasteiger partial charge in [-0.05, 0) is 31.6 Å². The molecule has 0 spiro atoms. The Morgan fingerprint density at radius 3 is 1.78 bits per heavy atom. The summed E-state index contributed by atoms with van der Waals surface area (Å²) < 4.78 is 10.6. The first-order valence-corrected chi connectivity index (χ1v) is 20.3. The van der Waals surface area contributed by atoms with Crippen molar-refractivity contribution in [3.63, 3.8) is 0 Å². The first kappa shape index (κ1) is 45.3. The highest BCUT2D eigenvalue weighted by molar-refractivity contribution is 5.86. The second kappa shape index (κ2) is 31.0. The molecule has 49 heavy (non-hydrogen) atoms. The van der Waals surface area contributed by atoms with E-state index in [9.17, 15) is 29.7 Å². The van der Waals surface area contributed by atoms with E-state index in [-0.39, 0.29) is 55.6 Å². The van der Waals surface area contributed by atoms with Crippen molar-refractivity contribution in [2.75, 3.05) is 13.2 Å². The van der Waals surface area contributed by atoms with Crippen molar-refractivity contribution in [3.05, 3.63) is 12.2 Å². The molecule has 0 bridgehead atoms. The fourth-order valence-electron chi connectivity index (χ4n) is 6.81. The molecule has 286 valence electrons. The van der Waals surface area contributed by atoms with Crippen LogP contribution < -0.4 is 0 Å². The molecule has 0 radical (unpaired) electrons. The molecule has 0 aromatic carbocycles. The van der Waals surface area contributed by atoms with E-state index >= 15 is 0 Å². The van der Waals surface area contributed by atoms with Crippen molar-refractivity contribution in [1.29, 1.82) is 0 Å². The highest BCUT2D eigenvalue weighted by Gasteiger charge is 2.39. The van der Waals surface area contributed by atoms with Crippen LogP contribution in [0.25, 0.3) is 0 Å². The molecule has 5 atom stereocenters. The maximum atomic E-state index is 12.4. The maximum Gasteiger partial charge on any atom is 0.306 e. The second-order valence-corrected chi connectivity index (χ2v) is 14.5. The molecule has 8 nitrogen and oxygen atoms in total. The molecular weight excluding hydrogens is 620 g/mol. The van der Waals surface area contributed by atoms with Crippen molar-refractivity contribution < 1.29 is 39.2 Å². The summed E-state index contributed by atoms with van der Waals surface area (Å²) >= 11 is 0. The second-order valence-electron chi connectivity index (χ2n) is 14.5. The summed E-state index contributed by atoms with van der Waals surface area (Å²) in [5, 5.41) is 30.2. The topological polar surface area (TPSA) is 130 Å². The van der Waals surface area contributed by atoms with E-state index in [0.717, 1.165) is 64.2 Å². The van der Waals surface area contributed by atoms with Crippen LogP contribution in [0.5, 0.6) is 0 Å². The molecular formula is C41H74O8. The number of carbonyl (C=O) groups excluding carboxylic acids is 3. The fraction of sp³-hybridized carbons (Fsp3) is 0.878. The summed E-state index contributed by atoms with van der Waals surface area (Å²) in [5.41, 5.74) is 0. The van der Waals surface area contributed by atoms with Crippen LogP contribution in [0.15, 0.2) is 12.2 Å². The Morgan fingerprint density at radius 1 is 0.735 bits per heavy atom. The van der Waals surface area contributed by atoms with Gasteiger partial charge in [-0.1, -0.05) is 154 Å². The van der Waals surface area contributed by atoms with Gasteiger partial charge < -0.3 is 24.8 Å². The van der Waals surface area contributed by atoms with Gasteiger partial charge in [0.25, 0.3) is 0 Å². The summed E-state index contributed by atoms with van der Waals surface area (Å²) in [7, 11) is 0. The zero-order chi connectivity index (χ0) is 36.0. The van der Waals surface area contributed by atoms with Crippen molar-refractivity contribution in [2.24, 2.45) is 11.8 Å². The third kappa shape index (κ3) is 24.1. The number of ether oxygens (including phenoxy) is 2. The molecule has 3 N–H and O–H groups in total. The first-order chi connectivity index (χ1) is 23.8. The van der Waals surface area contributed by atoms with Crippen molar-refractivity contribution >= 4 is 17.7 Å². The fourth-order valence-corrected chi connectivity index (χ4v) is 6.81. The zero-order valence-corrected chi connectivity index (χ0v) is 31.4. The number of hydrogen-bond donors (Lipinski definition) is 3. The van der Waals surface area contributed by atoms with E-state index in [4.69, 9.17) is 9.47 Å². The molecule has 0 amide bonds. The standard InChI is InChI=1S/C41H74O8/c1-3-5-7-8-9-10-11-12-13-14-15-16-17-18-24-28-41(47)49-35(32-42)33-48-40(46)27-23-20-19-22-26-36-37(39(45)31-38(36)44)30-29-34(43)25-21-6-4-2/h29-30,34-38,42-44H,3-28,31-33H2,1-2H3/b30-29+/t34-,35-,36+,37+,38-/m0/s1. The Morgan fingerprint density at radius 2 is 1.22 bits per heavy atom. The van der Waals surface area contributed by atoms with Crippen LogP contribution in [0, 0.1) is 11.8 Å². The van der Waals surface area contributed by atoms with Gasteiger partial charge in [-0.3, -0.25) is 14.4 Å². The van der Waals surface area contributed by atoms with Crippen molar-refractivity contribution in [2.45, 2.75) is 206 Å². The predicted octanol–water partition coefficient (Wildman–Crippen LogP) is 9.10. The van der Waals surface area contributed by atoms with Crippen LogP contribution >= 0.6 is 0 Å². The average Bonchev–Trinajstić information content (AvgIpc) is 3.36. The third-order valence-corrected chi connectivity index (χ3v) is 9.97. The van der Waals surface area contributed by atoms with E-state index < -0.39 is 18.3 Å². The maximum absolute atomic E-state index is 12.4. The van der Waals surface area contributed by atoms with Gasteiger partial charge in [0.2, 0.25) is 0 Å². The van der Waals surface area contributed by atoms with Gasteiger partial charge in [0.1, 0.15) is 12.4 Å². The van der Waals surface area contributed by atoms with Crippen LogP contribution in [-0.4, -0.2) is 64.6 Å². The number of hydrogen-bond acceptors (Lipinski definition) is 8. The summed E-state index contributed by atoms with van der Waals surface area (Å²) in [6.45, 7) is 3.85. The highest BCUT2D eigenvalue weighted by Crippen LogP contribution is 2.34. The van der Waals surface area contributed by atoms with E-state index in [1.165, 1.54) is 77.0 Å². The minimum Gasteiger partial charge on any atom is -0.462 e. The van der Waals surface area contributed by atoms with Gasteiger partial charge >= 0.3 is 11.9 Å². The number of aliphatic hydroxyl groups excluding tert-OH is 3. The minimum atomic E-state index is -0.840. The number of carbonyl (C=O) groups is 3. The van der Waals surface area contributed by atoms with Crippen molar-refractivity contribution in [1.82, 2.24) is 0 Å². The number of rotatable bonds is 33. The molecule has 0 saturated heterocycles. The lowest BCUT2D eigenvalue weighted by molar-refractivity contribution is -0.161. The average molecular weight is 695 g/mol. The summed E-state index contributed by atoms with van der Waals surface area (Å²) in [6, 6.07) is 0. The molecule has 1 saturated carbocycles. The van der Waals surface area contributed by atoms with Gasteiger partial charge in [-0.25, -0.2) is 0 Å². The Kier molecular flexibility index (Phi) is 28.6. The molecule has 8 heteroatoms. The van der Waals surface area contributed by atoms with Crippen LogP contribution in [0.2, 0.25) is 0 Å². The molecule has 1 aliphatic rings. The summed E-state index contributed by atoms with van der Waals surface area (Å²) in [5.74, 6) is -1.18. The number of ketones is 1. The molecule has 0 heterocycles. The van der Waals surface area contributed by atoms with Gasteiger partial charge in [0.15, 0.2) is 6.10 Å². The lowest BCUT2D eigenvalue weighted by atomic mass is 9.88. The minimum absolute atomic E-state index is 0.0362. The molecule has 1 rings (SSSR count). The number of esters is 2. The van der Waals surface area contributed by atoms with Crippen LogP contribution in [-0.2, 0) is 23.9 Å². The monoisotopic (exact) mass is 695 g/mol. The molecule has 1 aliphatic carbocycles. The summed E-state index contributed by atoms with van der Waals surface area (Å²) in [4.78, 5) is 36.8. The van der Waals surface area contributed by atoms with E-state index in [1.54, 1.807) is 12.2 Å². The van der Waals surface area contributed by atoms with Gasteiger partial charge in [-0.2, -0.15) is 0 Å². The Hall–Kier alpha value is -1.77. The van der Waals surface area contributed by atoms with Crippen molar-refractivity contribution in [3.8, 4) is 0 Å². The van der Waals surface area contributed by atoms with E-state index in [0.29, 0.717) is 19.3 Å². The van der Waals surface area contributed by atoms with Crippen LogP contribution in [0.4, 0.5) is 0 Å². The van der Waals surface area contributed by atoms with Gasteiger partial charge in [-0.15, -0.1) is 0 Å². The lowest BCUT2D eigenvalue weighted by Crippen LogP contribution is -2.28. The number of unbranched alkanes of at least 4 members (excludes halogenated alkanes) is 19. The molecule has 0 aromatic heterocycles. The number of Topliss-reactive ketones (excluding diaryl/α,β-unsaturated/α-hetero) is 1. The summed E-state index contributed by atoms with van der Waals surface area (Å²) in [6.07, 6.45) is 28.9. The van der Waals surface area contributed by atoms with E-state index in [2.05, 4.69) is 13.8 Å². The zero-order valence-electron chi connectivity index (χ0n) is 31.4. The quantitative estimate of drug-likeness (QED) is 0.0352.